The summed E-state index contributed by atoms with van der Waals surface area (Å²) >= 11 is 0. The van der Waals surface area contributed by atoms with Crippen LogP contribution >= 0.6 is 0 Å². The lowest BCUT2D eigenvalue weighted by Crippen LogP contribution is -2.42. The zero-order valence-electron chi connectivity index (χ0n) is 12.9. The van der Waals surface area contributed by atoms with E-state index in [4.69, 9.17) is 4.74 Å². The van der Waals surface area contributed by atoms with E-state index in [1.165, 1.54) is 32.4 Å². The van der Waals surface area contributed by atoms with E-state index in [0.717, 1.165) is 32.7 Å². The van der Waals surface area contributed by atoms with Crippen LogP contribution in [-0.4, -0.2) is 60.3 Å². The molecule has 6 nitrogen and oxygen atoms in total. The molecule has 2 aliphatic rings. The summed E-state index contributed by atoms with van der Waals surface area (Å²) < 4.78 is 6.02. The Kier molecular flexibility index (Phi) is 5.20. The van der Waals surface area contributed by atoms with Crippen molar-refractivity contribution < 1.29 is 4.74 Å². The summed E-state index contributed by atoms with van der Waals surface area (Å²) in [5.41, 5.74) is 0.404. The van der Waals surface area contributed by atoms with Gasteiger partial charge in [-0.05, 0) is 32.4 Å². The lowest BCUT2D eigenvalue weighted by molar-refractivity contribution is 0.0350. The molecular weight excluding hydrogens is 278 g/mol. The molecule has 0 saturated carbocycles. The number of hydrogen-bond acceptors (Lipinski definition) is 6. The van der Waals surface area contributed by atoms with Gasteiger partial charge in [0.15, 0.2) is 11.5 Å². The van der Waals surface area contributed by atoms with Crippen molar-refractivity contribution in [3.05, 3.63) is 18.1 Å². The highest BCUT2D eigenvalue weighted by atomic mass is 16.5. The van der Waals surface area contributed by atoms with Crippen LogP contribution in [0.25, 0.3) is 0 Å². The molecule has 2 saturated heterocycles. The van der Waals surface area contributed by atoms with Gasteiger partial charge in [-0.15, -0.1) is 0 Å². The van der Waals surface area contributed by atoms with Crippen LogP contribution in [0.2, 0.25) is 0 Å². The number of likely N-dealkylation sites (tertiary alicyclic amines) is 1. The molecule has 22 heavy (non-hydrogen) atoms. The molecule has 6 heteroatoms. The molecular formula is C16H23N5O. The third kappa shape index (κ3) is 3.73. The maximum atomic E-state index is 9.23. The zero-order chi connectivity index (χ0) is 15.2. The number of rotatable bonds is 3. The first kappa shape index (κ1) is 15.2. The number of piperidine rings is 1. The highest BCUT2D eigenvalue weighted by Crippen LogP contribution is 2.19. The molecule has 118 valence electrons. The Morgan fingerprint density at radius 1 is 1.14 bits per heavy atom. The maximum Gasteiger partial charge on any atom is 0.183 e. The number of hydrogen-bond donors (Lipinski definition) is 0. The van der Waals surface area contributed by atoms with E-state index in [0.29, 0.717) is 11.5 Å². The highest BCUT2D eigenvalue weighted by Gasteiger charge is 2.24. The van der Waals surface area contributed by atoms with Gasteiger partial charge in [-0.2, -0.15) is 5.26 Å². The van der Waals surface area contributed by atoms with Crippen LogP contribution in [-0.2, 0) is 4.74 Å². The molecule has 0 aliphatic carbocycles. The summed E-state index contributed by atoms with van der Waals surface area (Å²) in [6.45, 7) is 5.74. The summed E-state index contributed by atoms with van der Waals surface area (Å²) in [5, 5.41) is 9.23. The molecule has 2 aliphatic heterocycles. The van der Waals surface area contributed by atoms with Gasteiger partial charge in [0.1, 0.15) is 6.07 Å². The van der Waals surface area contributed by atoms with E-state index >= 15 is 0 Å². The van der Waals surface area contributed by atoms with E-state index < -0.39 is 0 Å². The van der Waals surface area contributed by atoms with Crippen LogP contribution in [0.1, 0.15) is 31.4 Å². The largest absolute Gasteiger partial charge is 0.375 e. The van der Waals surface area contributed by atoms with Gasteiger partial charge in [0.25, 0.3) is 0 Å². The predicted octanol–water partition coefficient (Wildman–Crippen LogP) is 1.43. The van der Waals surface area contributed by atoms with Gasteiger partial charge >= 0.3 is 0 Å². The van der Waals surface area contributed by atoms with Gasteiger partial charge in [0, 0.05) is 38.6 Å². The van der Waals surface area contributed by atoms with E-state index in [1.807, 2.05) is 0 Å². The fourth-order valence-electron chi connectivity index (χ4n) is 3.27. The minimum Gasteiger partial charge on any atom is -0.375 e. The van der Waals surface area contributed by atoms with Gasteiger partial charge in [-0.1, -0.05) is 6.42 Å². The van der Waals surface area contributed by atoms with Crippen molar-refractivity contribution in [1.29, 1.82) is 5.26 Å². The van der Waals surface area contributed by atoms with Crippen molar-refractivity contribution in [3.8, 4) is 6.07 Å². The Hall–Kier alpha value is -1.71. The fraction of sp³-hybridized carbons (Fsp3) is 0.688. The average molecular weight is 301 g/mol. The van der Waals surface area contributed by atoms with Crippen molar-refractivity contribution >= 4 is 5.82 Å². The molecule has 1 aromatic rings. The summed E-state index contributed by atoms with van der Waals surface area (Å²) in [6.07, 6.45) is 8.28. The Morgan fingerprint density at radius 2 is 1.95 bits per heavy atom. The van der Waals surface area contributed by atoms with Crippen LogP contribution in [0.15, 0.2) is 12.4 Å². The van der Waals surface area contributed by atoms with E-state index in [9.17, 15) is 5.26 Å². The minimum absolute atomic E-state index is 0.175. The van der Waals surface area contributed by atoms with Gasteiger partial charge in [0.05, 0.1) is 6.10 Å². The molecule has 3 rings (SSSR count). The fourth-order valence-corrected chi connectivity index (χ4v) is 3.27. The van der Waals surface area contributed by atoms with Gasteiger partial charge in [-0.3, -0.25) is 0 Å². The third-order valence-corrected chi connectivity index (χ3v) is 4.34. The molecule has 0 radical (unpaired) electrons. The summed E-state index contributed by atoms with van der Waals surface area (Å²) in [5.74, 6) is 0.694. The molecule has 0 spiro atoms. The number of aromatic nitrogens is 2. The molecule has 0 unspecified atom stereocenters. The quantitative estimate of drug-likeness (QED) is 0.841. The summed E-state index contributed by atoms with van der Waals surface area (Å²) in [7, 11) is 0. The number of nitriles is 1. The normalized spacial score (nSPS) is 23.8. The molecule has 3 heterocycles. The number of nitrogens with zero attached hydrogens (tertiary/aromatic N) is 5. The van der Waals surface area contributed by atoms with Crippen molar-refractivity contribution in [3.63, 3.8) is 0 Å². The van der Waals surface area contributed by atoms with Crippen LogP contribution in [0.5, 0.6) is 0 Å². The first-order valence-electron chi connectivity index (χ1n) is 8.17. The van der Waals surface area contributed by atoms with Crippen LogP contribution in [0, 0.1) is 11.3 Å². The Labute approximate surface area is 131 Å². The zero-order valence-corrected chi connectivity index (χ0v) is 12.9. The highest BCUT2D eigenvalue weighted by molar-refractivity contribution is 5.49. The molecule has 0 bridgehead atoms. The second-order valence-electron chi connectivity index (χ2n) is 5.99. The number of anilines is 1. The Morgan fingerprint density at radius 3 is 2.77 bits per heavy atom. The van der Waals surface area contributed by atoms with Crippen molar-refractivity contribution in [2.45, 2.75) is 31.8 Å². The summed E-state index contributed by atoms with van der Waals surface area (Å²) in [4.78, 5) is 13.2. The van der Waals surface area contributed by atoms with Crippen LogP contribution in [0.4, 0.5) is 5.82 Å². The molecule has 0 aromatic carbocycles. The second-order valence-corrected chi connectivity index (χ2v) is 5.99. The maximum absolute atomic E-state index is 9.23. The Balaban J connectivity index is 1.68. The first-order chi connectivity index (χ1) is 10.9. The van der Waals surface area contributed by atoms with Crippen LogP contribution < -0.4 is 4.90 Å². The van der Waals surface area contributed by atoms with E-state index in [2.05, 4.69) is 25.8 Å². The third-order valence-electron chi connectivity index (χ3n) is 4.34. The topological polar surface area (TPSA) is 65.3 Å². The van der Waals surface area contributed by atoms with E-state index in [-0.39, 0.29) is 6.10 Å². The average Bonchev–Trinajstić information content (AvgIpc) is 2.81. The Bertz CT molecular complexity index is 524. The minimum atomic E-state index is 0.175. The standard InChI is InChI=1S/C16H23N5O/c17-11-15-16(19-6-5-18-15)21-9-4-10-22-14(13-21)12-20-7-2-1-3-8-20/h5-6,14H,1-4,7-10,12-13H2/t14-/m1/s1. The monoisotopic (exact) mass is 301 g/mol. The molecule has 1 aromatic heterocycles. The van der Waals surface area contributed by atoms with Gasteiger partial charge in [0.2, 0.25) is 0 Å². The molecule has 2 fully saturated rings. The van der Waals surface area contributed by atoms with Crippen LogP contribution in [0.3, 0.4) is 0 Å². The van der Waals surface area contributed by atoms with E-state index in [1.54, 1.807) is 12.4 Å². The second kappa shape index (κ2) is 7.52. The summed E-state index contributed by atoms with van der Waals surface area (Å²) in [6, 6.07) is 2.14. The van der Waals surface area contributed by atoms with Crippen molar-refractivity contribution in [1.82, 2.24) is 14.9 Å². The lowest BCUT2D eigenvalue weighted by Gasteiger charge is -2.31. The molecule has 1 atom stereocenters. The first-order valence-corrected chi connectivity index (χ1v) is 8.17. The predicted molar refractivity (Wildman–Crippen MR) is 83.6 cm³/mol. The molecule has 0 N–H and O–H groups in total. The SMILES string of the molecule is N#Cc1nccnc1N1CCCO[C@H](CN2CCCCC2)C1. The number of ether oxygens (including phenoxy) is 1. The molecule has 0 amide bonds. The van der Waals surface area contributed by atoms with Crippen molar-refractivity contribution in [2.75, 3.05) is 44.2 Å². The lowest BCUT2D eigenvalue weighted by atomic mass is 10.1. The van der Waals surface area contributed by atoms with Gasteiger partial charge < -0.3 is 14.5 Å². The van der Waals surface area contributed by atoms with Crippen molar-refractivity contribution in [2.24, 2.45) is 0 Å². The van der Waals surface area contributed by atoms with Gasteiger partial charge in [-0.25, -0.2) is 9.97 Å². The smallest absolute Gasteiger partial charge is 0.183 e.